The minimum atomic E-state index is 0.171. The van der Waals surface area contributed by atoms with Crippen LogP contribution in [0.1, 0.15) is 45.1 Å². The lowest BCUT2D eigenvalue weighted by Gasteiger charge is -2.27. The maximum Gasteiger partial charge on any atom is 0.234 e. The largest absolute Gasteiger partial charge is 0.352 e. The summed E-state index contributed by atoms with van der Waals surface area (Å²) >= 11 is 6.07. The Kier molecular flexibility index (Phi) is 5.27. The van der Waals surface area contributed by atoms with Crippen molar-refractivity contribution in [3.63, 3.8) is 0 Å². The third kappa shape index (κ3) is 4.95. The zero-order chi connectivity index (χ0) is 16.4. The molecule has 1 N–H and O–H groups in total. The summed E-state index contributed by atoms with van der Waals surface area (Å²) < 4.78 is 0. The SMILES string of the molecule is CC(C)N(CC(=O)NC(C1CC1)C1CC1)Cc1cccc(Cl)c1. The van der Waals surface area contributed by atoms with Gasteiger partial charge in [-0.3, -0.25) is 9.69 Å². The van der Waals surface area contributed by atoms with Crippen molar-refractivity contribution in [3.05, 3.63) is 34.9 Å². The minimum absolute atomic E-state index is 0.171. The number of rotatable bonds is 8. The maximum absolute atomic E-state index is 12.5. The second kappa shape index (κ2) is 7.23. The van der Waals surface area contributed by atoms with Crippen molar-refractivity contribution in [1.29, 1.82) is 0 Å². The molecule has 3 rings (SSSR count). The average molecular weight is 335 g/mol. The highest BCUT2D eigenvalue weighted by Gasteiger charge is 2.42. The number of hydrogen-bond donors (Lipinski definition) is 1. The highest BCUT2D eigenvalue weighted by molar-refractivity contribution is 6.30. The first-order valence-electron chi connectivity index (χ1n) is 8.81. The quantitative estimate of drug-likeness (QED) is 0.783. The lowest BCUT2D eigenvalue weighted by atomic mass is 10.1. The Morgan fingerprint density at radius 1 is 1.26 bits per heavy atom. The molecule has 1 amide bonds. The first-order valence-corrected chi connectivity index (χ1v) is 9.18. The van der Waals surface area contributed by atoms with E-state index in [1.54, 1.807) is 0 Å². The van der Waals surface area contributed by atoms with Crippen LogP contribution in [0.15, 0.2) is 24.3 Å². The molecule has 4 heteroatoms. The van der Waals surface area contributed by atoms with Crippen LogP contribution in [-0.4, -0.2) is 29.4 Å². The number of benzene rings is 1. The molecule has 0 unspecified atom stereocenters. The van der Waals surface area contributed by atoms with Crippen molar-refractivity contribution in [2.24, 2.45) is 11.8 Å². The van der Waals surface area contributed by atoms with Gasteiger partial charge in [0, 0.05) is 23.7 Å². The fourth-order valence-corrected chi connectivity index (χ4v) is 3.45. The van der Waals surface area contributed by atoms with Crippen LogP contribution in [0, 0.1) is 11.8 Å². The van der Waals surface area contributed by atoms with Gasteiger partial charge in [-0.1, -0.05) is 23.7 Å². The number of amides is 1. The summed E-state index contributed by atoms with van der Waals surface area (Å²) in [5.74, 6) is 1.66. The topological polar surface area (TPSA) is 32.3 Å². The van der Waals surface area contributed by atoms with Crippen molar-refractivity contribution >= 4 is 17.5 Å². The molecule has 126 valence electrons. The van der Waals surface area contributed by atoms with Gasteiger partial charge in [0.1, 0.15) is 0 Å². The van der Waals surface area contributed by atoms with Gasteiger partial charge in [-0.15, -0.1) is 0 Å². The molecule has 0 aliphatic heterocycles. The van der Waals surface area contributed by atoms with E-state index in [1.165, 1.54) is 25.7 Å². The van der Waals surface area contributed by atoms with E-state index >= 15 is 0 Å². The molecule has 1 aromatic carbocycles. The third-order valence-corrected chi connectivity index (χ3v) is 5.17. The summed E-state index contributed by atoms with van der Waals surface area (Å²) in [6.07, 6.45) is 5.16. The Bertz CT molecular complexity index is 540. The lowest BCUT2D eigenvalue weighted by molar-refractivity contribution is -0.123. The summed E-state index contributed by atoms with van der Waals surface area (Å²) in [6, 6.07) is 8.64. The van der Waals surface area contributed by atoms with Crippen LogP contribution < -0.4 is 5.32 Å². The van der Waals surface area contributed by atoms with Crippen LogP contribution in [0.5, 0.6) is 0 Å². The molecule has 0 heterocycles. The van der Waals surface area contributed by atoms with Crippen molar-refractivity contribution in [2.75, 3.05) is 6.54 Å². The van der Waals surface area contributed by atoms with E-state index in [9.17, 15) is 4.79 Å². The summed E-state index contributed by atoms with van der Waals surface area (Å²) in [5.41, 5.74) is 1.15. The van der Waals surface area contributed by atoms with E-state index in [-0.39, 0.29) is 5.91 Å². The van der Waals surface area contributed by atoms with E-state index in [1.807, 2.05) is 18.2 Å². The molecule has 23 heavy (non-hydrogen) atoms. The Balaban J connectivity index is 1.56. The minimum Gasteiger partial charge on any atom is -0.352 e. The number of nitrogens with one attached hydrogen (secondary N) is 1. The normalized spacial score (nSPS) is 18.0. The fourth-order valence-electron chi connectivity index (χ4n) is 3.24. The fraction of sp³-hybridized carbons (Fsp3) is 0.632. The summed E-state index contributed by atoms with van der Waals surface area (Å²) in [5, 5.41) is 4.07. The van der Waals surface area contributed by atoms with Crippen LogP contribution in [0.4, 0.5) is 0 Å². The highest BCUT2D eigenvalue weighted by atomic mass is 35.5. The predicted molar refractivity (Wildman–Crippen MR) is 94.4 cm³/mol. The monoisotopic (exact) mass is 334 g/mol. The first-order chi connectivity index (χ1) is 11.0. The highest BCUT2D eigenvalue weighted by Crippen LogP contribution is 2.44. The summed E-state index contributed by atoms with van der Waals surface area (Å²) in [4.78, 5) is 14.7. The van der Waals surface area contributed by atoms with Crippen LogP contribution >= 0.6 is 11.6 Å². The van der Waals surface area contributed by atoms with E-state index < -0.39 is 0 Å². The van der Waals surface area contributed by atoms with E-state index in [4.69, 9.17) is 11.6 Å². The van der Waals surface area contributed by atoms with Crippen molar-refractivity contribution in [1.82, 2.24) is 10.2 Å². The molecule has 0 bridgehead atoms. The van der Waals surface area contributed by atoms with Crippen LogP contribution in [-0.2, 0) is 11.3 Å². The molecule has 2 aliphatic carbocycles. The molecule has 0 radical (unpaired) electrons. The zero-order valence-corrected chi connectivity index (χ0v) is 14.9. The summed E-state index contributed by atoms with van der Waals surface area (Å²) in [6.45, 7) is 5.48. The van der Waals surface area contributed by atoms with Crippen molar-refractivity contribution in [3.8, 4) is 0 Å². The van der Waals surface area contributed by atoms with Crippen LogP contribution in [0.3, 0.4) is 0 Å². The summed E-state index contributed by atoms with van der Waals surface area (Å²) in [7, 11) is 0. The van der Waals surface area contributed by atoms with Gasteiger partial charge in [0.25, 0.3) is 0 Å². The maximum atomic E-state index is 12.5. The zero-order valence-electron chi connectivity index (χ0n) is 14.1. The van der Waals surface area contributed by atoms with Gasteiger partial charge in [-0.05, 0) is 69.1 Å². The lowest BCUT2D eigenvalue weighted by Crippen LogP contribution is -2.45. The molecule has 0 spiro atoms. The van der Waals surface area contributed by atoms with Gasteiger partial charge >= 0.3 is 0 Å². The molecule has 0 saturated heterocycles. The average Bonchev–Trinajstić information content (AvgIpc) is 3.37. The van der Waals surface area contributed by atoms with Gasteiger partial charge in [-0.25, -0.2) is 0 Å². The first kappa shape index (κ1) is 16.8. The second-order valence-corrected chi connectivity index (χ2v) is 7.83. The predicted octanol–water partition coefficient (Wildman–Crippen LogP) is 3.86. The second-order valence-electron chi connectivity index (χ2n) is 7.40. The number of halogens is 1. The van der Waals surface area contributed by atoms with Gasteiger partial charge in [0.2, 0.25) is 5.91 Å². The molecule has 2 saturated carbocycles. The molecule has 2 aliphatic rings. The third-order valence-electron chi connectivity index (χ3n) is 4.94. The molecule has 0 aromatic heterocycles. The molecule has 2 fully saturated rings. The smallest absolute Gasteiger partial charge is 0.234 e. The van der Waals surface area contributed by atoms with E-state index in [2.05, 4.69) is 30.1 Å². The molecular formula is C19H27ClN2O. The molecule has 0 atom stereocenters. The van der Waals surface area contributed by atoms with Gasteiger partial charge in [-0.2, -0.15) is 0 Å². The standard InChI is InChI=1S/C19H27ClN2O/c1-13(2)22(11-14-4-3-5-17(20)10-14)12-18(23)21-19(15-6-7-15)16-8-9-16/h3-5,10,13,15-16,19H,6-9,11-12H2,1-2H3,(H,21,23). The molecular weight excluding hydrogens is 308 g/mol. The Labute approximate surface area is 144 Å². The Morgan fingerprint density at radius 2 is 1.91 bits per heavy atom. The number of carbonyl (C=O) groups excluding carboxylic acids is 1. The van der Waals surface area contributed by atoms with Crippen molar-refractivity contribution < 1.29 is 4.79 Å². The Morgan fingerprint density at radius 3 is 2.43 bits per heavy atom. The van der Waals surface area contributed by atoms with Crippen molar-refractivity contribution in [2.45, 2.75) is 58.2 Å². The molecule has 1 aromatic rings. The van der Waals surface area contributed by atoms with Gasteiger partial charge < -0.3 is 5.32 Å². The van der Waals surface area contributed by atoms with E-state index in [0.29, 0.717) is 18.6 Å². The van der Waals surface area contributed by atoms with Gasteiger partial charge in [0.05, 0.1) is 6.54 Å². The van der Waals surface area contributed by atoms with Gasteiger partial charge in [0.15, 0.2) is 0 Å². The number of hydrogen-bond acceptors (Lipinski definition) is 2. The number of carbonyl (C=O) groups is 1. The number of nitrogens with zero attached hydrogens (tertiary/aromatic N) is 1. The Hall–Kier alpha value is -1.06. The van der Waals surface area contributed by atoms with Crippen LogP contribution in [0.2, 0.25) is 5.02 Å². The van der Waals surface area contributed by atoms with Crippen LogP contribution in [0.25, 0.3) is 0 Å². The van der Waals surface area contributed by atoms with E-state index in [0.717, 1.165) is 29.0 Å². The molecule has 3 nitrogen and oxygen atoms in total.